The fourth-order valence-corrected chi connectivity index (χ4v) is 3.06. The van der Waals surface area contributed by atoms with Crippen LogP contribution in [0.4, 0.5) is 0 Å². The molecule has 0 unspecified atom stereocenters. The Kier molecular flexibility index (Phi) is 7.11. The average molecular weight is 374 g/mol. The third-order valence-electron chi connectivity index (χ3n) is 3.11. The maximum absolute atomic E-state index is 11.7. The van der Waals surface area contributed by atoms with E-state index >= 15 is 0 Å². The topological polar surface area (TPSA) is 66.4 Å². The van der Waals surface area contributed by atoms with E-state index in [-0.39, 0.29) is 17.7 Å². The first-order valence-corrected chi connectivity index (χ1v) is 8.32. The van der Waals surface area contributed by atoms with Gasteiger partial charge in [-0.3, -0.25) is 9.59 Å². The summed E-state index contributed by atoms with van der Waals surface area (Å²) >= 11 is 4.93. The van der Waals surface area contributed by atoms with Crippen LogP contribution in [0.15, 0.2) is 22.0 Å². The van der Waals surface area contributed by atoms with Crippen molar-refractivity contribution in [3.05, 3.63) is 26.9 Å². The van der Waals surface area contributed by atoms with Crippen LogP contribution in [0.1, 0.15) is 38.0 Å². The Balaban J connectivity index is 2.29. The normalized spacial score (nSPS) is 11.8. The summed E-state index contributed by atoms with van der Waals surface area (Å²) < 4.78 is 1.03. The SMILES string of the molecule is CC(C)(CCNC(=O)C=Cc1ccc(Br)s1)CCC(=O)O. The smallest absolute Gasteiger partial charge is 0.303 e. The number of aliphatic carboxylic acids is 1. The minimum Gasteiger partial charge on any atom is -0.481 e. The van der Waals surface area contributed by atoms with E-state index in [1.807, 2.05) is 26.0 Å². The summed E-state index contributed by atoms with van der Waals surface area (Å²) in [4.78, 5) is 23.3. The predicted molar refractivity (Wildman–Crippen MR) is 89.3 cm³/mol. The standard InChI is InChI=1S/C15H20BrNO3S/c1-15(2,8-7-14(19)20)9-10-17-13(18)6-4-11-3-5-12(16)21-11/h3-6H,7-10H2,1-2H3,(H,17,18)(H,19,20). The second-order valence-electron chi connectivity index (χ2n) is 5.57. The third-order valence-corrected chi connectivity index (χ3v) is 4.70. The van der Waals surface area contributed by atoms with Gasteiger partial charge in [-0.05, 0) is 52.4 Å². The van der Waals surface area contributed by atoms with E-state index in [0.29, 0.717) is 13.0 Å². The van der Waals surface area contributed by atoms with Crippen molar-refractivity contribution in [2.24, 2.45) is 5.41 Å². The molecular formula is C15H20BrNO3S. The molecule has 2 N–H and O–H groups in total. The number of carbonyl (C=O) groups excluding carboxylic acids is 1. The summed E-state index contributed by atoms with van der Waals surface area (Å²) in [6.07, 6.45) is 4.82. The average Bonchev–Trinajstić information content (AvgIpc) is 2.80. The van der Waals surface area contributed by atoms with Crippen LogP contribution in [0.5, 0.6) is 0 Å². The highest BCUT2D eigenvalue weighted by atomic mass is 79.9. The lowest BCUT2D eigenvalue weighted by Crippen LogP contribution is -2.27. The maximum atomic E-state index is 11.7. The molecule has 0 aliphatic carbocycles. The summed E-state index contributed by atoms with van der Waals surface area (Å²) in [6, 6.07) is 3.88. The van der Waals surface area contributed by atoms with Crippen LogP contribution in [-0.2, 0) is 9.59 Å². The predicted octanol–water partition coefficient (Wildman–Crippen LogP) is 3.92. The number of thiophene rings is 1. The number of hydrogen-bond donors (Lipinski definition) is 2. The molecule has 1 heterocycles. The van der Waals surface area contributed by atoms with Gasteiger partial charge in [-0.1, -0.05) is 13.8 Å². The number of carboxylic acid groups (broad SMARTS) is 1. The summed E-state index contributed by atoms with van der Waals surface area (Å²) in [6.45, 7) is 4.58. The van der Waals surface area contributed by atoms with Crippen molar-refractivity contribution in [1.82, 2.24) is 5.32 Å². The molecule has 0 fully saturated rings. The van der Waals surface area contributed by atoms with Crippen LogP contribution >= 0.6 is 27.3 Å². The highest BCUT2D eigenvalue weighted by Gasteiger charge is 2.18. The Hall–Kier alpha value is -1.14. The second-order valence-corrected chi connectivity index (χ2v) is 8.07. The molecule has 1 amide bonds. The fourth-order valence-electron chi connectivity index (χ4n) is 1.73. The van der Waals surface area contributed by atoms with Crippen molar-refractivity contribution in [1.29, 1.82) is 0 Å². The van der Waals surface area contributed by atoms with Crippen LogP contribution < -0.4 is 5.32 Å². The van der Waals surface area contributed by atoms with E-state index in [9.17, 15) is 9.59 Å². The summed E-state index contributed by atoms with van der Waals surface area (Å²) in [5.74, 6) is -0.911. The van der Waals surface area contributed by atoms with Crippen LogP contribution in [0.3, 0.4) is 0 Å². The van der Waals surface area contributed by atoms with Crippen molar-refractivity contribution in [3.63, 3.8) is 0 Å². The molecular weight excluding hydrogens is 354 g/mol. The van der Waals surface area contributed by atoms with Gasteiger partial charge in [-0.25, -0.2) is 0 Å². The Bertz CT molecular complexity index is 523. The van der Waals surface area contributed by atoms with Crippen molar-refractivity contribution < 1.29 is 14.7 Å². The first-order valence-electron chi connectivity index (χ1n) is 6.71. The first-order chi connectivity index (χ1) is 9.78. The zero-order valence-corrected chi connectivity index (χ0v) is 14.6. The minimum atomic E-state index is -0.780. The molecule has 0 saturated carbocycles. The number of carbonyl (C=O) groups is 2. The molecule has 0 aliphatic rings. The zero-order chi connectivity index (χ0) is 15.9. The number of amides is 1. The molecule has 21 heavy (non-hydrogen) atoms. The highest BCUT2D eigenvalue weighted by molar-refractivity contribution is 9.11. The molecule has 0 bridgehead atoms. The van der Waals surface area contributed by atoms with E-state index in [4.69, 9.17) is 5.11 Å². The van der Waals surface area contributed by atoms with Gasteiger partial charge in [0.05, 0.1) is 3.79 Å². The van der Waals surface area contributed by atoms with E-state index in [1.165, 1.54) is 6.08 Å². The van der Waals surface area contributed by atoms with Gasteiger partial charge in [0, 0.05) is 23.9 Å². The molecule has 4 nitrogen and oxygen atoms in total. The summed E-state index contributed by atoms with van der Waals surface area (Å²) in [7, 11) is 0. The van der Waals surface area contributed by atoms with E-state index in [0.717, 1.165) is 15.1 Å². The van der Waals surface area contributed by atoms with Gasteiger partial charge >= 0.3 is 5.97 Å². The van der Waals surface area contributed by atoms with Crippen molar-refractivity contribution in [3.8, 4) is 0 Å². The quantitative estimate of drug-likeness (QED) is 0.678. The minimum absolute atomic E-state index is 0.0893. The lowest BCUT2D eigenvalue weighted by molar-refractivity contribution is -0.137. The zero-order valence-electron chi connectivity index (χ0n) is 12.2. The molecule has 0 aliphatic heterocycles. The van der Waals surface area contributed by atoms with Gasteiger partial charge in [0.2, 0.25) is 5.91 Å². The molecule has 1 aromatic rings. The Labute approximate surface area is 137 Å². The first kappa shape index (κ1) is 17.9. The summed E-state index contributed by atoms with van der Waals surface area (Å²) in [5, 5.41) is 11.5. The molecule has 6 heteroatoms. The largest absolute Gasteiger partial charge is 0.481 e. The number of halogens is 1. The number of rotatable bonds is 8. The lowest BCUT2D eigenvalue weighted by atomic mass is 9.84. The number of hydrogen-bond acceptors (Lipinski definition) is 3. The second kappa shape index (κ2) is 8.34. The van der Waals surface area contributed by atoms with Crippen molar-refractivity contribution in [2.45, 2.75) is 33.1 Å². The molecule has 0 aromatic carbocycles. The van der Waals surface area contributed by atoms with Gasteiger partial charge in [0.25, 0.3) is 0 Å². The molecule has 0 saturated heterocycles. The molecule has 1 rings (SSSR count). The Morgan fingerprint density at radius 1 is 1.38 bits per heavy atom. The molecule has 0 spiro atoms. The number of nitrogens with one attached hydrogen (secondary N) is 1. The maximum Gasteiger partial charge on any atom is 0.303 e. The van der Waals surface area contributed by atoms with Gasteiger partial charge in [0.1, 0.15) is 0 Å². The molecule has 116 valence electrons. The van der Waals surface area contributed by atoms with E-state index in [2.05, 4.69) is 21.2 Å². The van der Waals surface area contributed by atoms with Crippen LogP contribution in [-0.4, -0.2) is 23.5 Å². The summed E-state index contributed by atoms with van der Waals surface area (Å²) in [5.41, 5.74) is -0.0893. The van der Waals surface area contributed by atoms with Crippen molar-refractivity contribution in [2.75, 3.05) is 6.54 Å². The van der Waals surface area contributed by atoms with Crippen LogP contribution in [0.25, 0.3) is 6.08 Å². The monoisotopic (exact) mass is 373 g/mol. The Morgan fingerprint density at radius 3 is 2.67 bits per heavy atom. The van der Waals surface area contributed by atoms with E-state index < -0.39 is 5.97 Å². The lowest BCUT2D eigenvalue weighted by Gasteiger charge is -2.23. The van der Waals surface area contributed by atoms with Gasteiger partial charge < -0.3 is 10.4 Å². The highest BCUT2D eigenvalue weighted by Crippen LogP contribution is 2.26. The Morgan fingerprint density at radius 2 is 2.10 bits per heavy atom. The number of carboxylic acids is 1. The van der Waals surface area contributed by atoms with Crippen LogP contribution in [0.2, 0.25) is 0 Å². The van der Waals surface area contributed by atoms with Gasteiger partial charge in [0.15, 0.2) is 0 Å². The molecule has 0 radical (unpaired) electrons. The third kappa shape index (κ3) is 8.02. The van der Waals surface area contributed by atoms with Crippen molar-refractivity contribution >= 4 is 45.2 Å². The fraction of sp³-hybridized carbons (Fsp3) is 0.467. The van der Waals surface area contributed by atoms with Gasteiger partial charge in [-0.15, -0.1) is 11.3 Å². The van der Waals surface area contributed by atoms with E-state index in [1.54, 1.807) is 17.4 Å². The van der Waals surface area contributed by atoms with Crippen LogP contribution in [0, 0.1) is 5.41 Å². The molecule has 0 atom stereocenters. The van der Waals surface area contributed by atoms with Gasteiger partial charge in [-0.2, -0.15) is 0 Å². The molecule has 1 aromatic heterocycles.